The molecule has 0 amide bonds. The first-order chi connectivity index (χ1) is 31.7. The van der Waals surface area contributed by atoms with Gasteiger partial charge in [0.25, 0.3) is 0 Å². The maximum absolute atomic E-state index is 12.5. The van der Waals surface area contributed by atoms with Crippen LogP contribution in [0.15, 0.2) is 59.7 Å². The molecule has 0 atom stereocenters. The van der Waals surface area contributed by atoms with Crippen LogP contribution in [-0.2, 0) is 12.8 Å². The van der Waals surface area contributed by atoms with Gasteiger partial charge in [0.15, 0.2) is 0 Å². The van der Waals surface area contributed by atoms with E-state index in [-0.39, 0.29) is 0 Å². The molecule has 2 heteroatoms. The van der Waals surface area contributed by atoms with E-state index >= 15 is 0 Å². The van der Waals surface area contributed by atoms with E-state index in [1.165, 1.54) is 245 Å². The van der Waals surface area contributed by atoms with Crippen LogP contribution >= 0.6 is 0 Å². The maximum atomic E-state index is 12.5. The lowest BCUT2D eigenvalue weighted by molar-refractivity contribution is -0.345. The molecule has 0 unspecified atom stereocenters. The molecule has 2 aromatic rings. The summed E-state index contributed by atoms with van der Waals surface area (Å²) in [5.74, 6) is 7.05. The molecule has 3 rings (SSSR count). The van der Waals surface area contributed by atoms with Gasteiger partial charge in [-0.15, -0.1) is 11.8 Å². The SMILES string of the molecule is CCCCCCCCCCCCCCCCCCCCCC#CCCCc1ccccc1C1=C(CCCCCC)C(CCCCCCCC)=C(c2cccc(CCCCCC)c2)[N+]1=[N-]. The molecule has 358 valence electrons. The molecule has 0 spiro atoms. The predicted octanol–water partition coefficient (Wildman–Crippen LogP) is 20.8. The quantitative estimate of drug-likeness (QED) is 0.0361. The van der Waals surface area contributed by atoms with Crippen molar-refractivity contribution in [3.05, 3.63) is 87.5 Å². The van der Waals surface area contributed by atoms with E-state index in [2.05, 4.69) is 88.1 Å². The second-order valence-electron chi connectivity index (χ2n) is 19.8. The highest BCUT2D eigenvalue weighted by molar-refractivity contribution is 5.83. The summed E-state index contributed by atoms with van der Waals surface area (Å²) < 4.78 is 1.64. The van der Waals surface area contributed by atoms with Crippen LogP contribution in [-0.4, -0.2) is 4.70 Å². The standard InChI is InChI=1S/C62H100N2/c1-5-9-13-17-19-20-21-22-23-24-25-26-27-28-29-30-31-32-33-34-35-36-37-40-48-56-49-43-44-51-58(56)62-60(53-41-16-12-8-4)59(52-42-38-18-14-10-6-2)61(64(62)63)57-50-45-47-55(54-57)46-39-15-11-7-3/h43-45,47,49-51,54H,5-34,37-42,46,48,52-53H2,1-4H3. The summed E-state index contributed by atoms with van der Waals surface area (Å²) in [4.78, 5) is 0. The van der Waals surface area contributed by atoms with E-state index in [0.717, 1.165) is 56.3 Å². The van der Waals surface area contributed by atoms with E-state index in [1.54, 1.807) is 4.70 Å². The van der Waals surface area contributed by atoms with Crippen molar-refractivity contribution in [2.24, 2.45) is 0 Å². The zero-order chi connectivity index (χ0) is 45.6. The third kappa shape index (κ3) is 23.5. The summed E-state index contributed by atoms with van der Waals surface area (Å²) >= 11 is 0. The Labute approximate surface area is 398 Å². The highest BCUT2D eigenvalue weighted by atomic mass is 15.2. The van der Waals surface area contributed by atoms with E-state index in [4.69, 9.17) is 0 Å². The van der Waals surface area contributed by atoms with Crippen molar-refractivity contribution in [1.29, 1.82) is 0 Å². The van der Waals surface area contributed by atoms with Gasteiger partial charge >= 0.3 is 0 Å². The first-order valence-corrected chi connectivity index (χ1v) is 28.2. The van der Waals surface area contributed by atoms with Crippen LogP contribution in [0.3, 0.4) is 0 Å². The van der Waals surface area contributed by atoms with E-state index in [0.29, 0.717) is 0 Å². The molecule has 0 aliphatic carbocycles. The minimum atomic E-state index is 0.942. The molecule has 0 N–H and O–H groups in total. The van der Waals surface area contributed by atoms with E-state index < -0.39 is 0 Å². The molecule has 2 nitrogen and oxygen atoms in total. The van der Waals surface area contributed by atoms with Gasteiger partial charge in [-0.25, -0.2) is 4.70 Å². The Hall–Kier alpha value is -2.92. The Morgan fingerprint density at radius 2 is 0.781 bits per heavy atom. The molecule has 1 heterocycles. The molecule has 64 heavy (non-hydrogen) atoms. The average molecular weight is 873 g/mol. The van der Waals surface area contributed by atoms with Gasteiger partial charge in [0.2, 0.25) is 11.4 Å². The lowest BCUT2D eigenvalue weighted by Crippen LogP contribution is -2.05. The predicted molar refractivity (Wildman–Crippen MR) is 284 cm³/mol. The van der Waals surface area contributed by atoms with E-state index in [9.17, 15) is 5.53 Å². The van der Waals surface area contributed by atoms with Crippen LogP contribution in [0.1, 0.15) is 294 Å². The zero-order valence-corrected chi connectivity index (χ0v) is 42.8. The number of hydrogen-bond acceptors (Lipinski definition) is 0. The third-order valence-electron chi connectivity index (χ3n) is 14.0. The molecule has 0 saturated carbocycles. The first-order valence-electron chi connectivity index (χ1n) is 28.2. The number of benzene rings is 2. The van der Waals surface area contributed by atoms with Gasteiger partial charge in [0, 0.05) is 35.1 Å². The summed E-state index contributed by atoms with van der Waals surface area (Å²) in [6, 6.07) is 18.1. The number of aryl methyl sites for hydroxylation is 2. The Morgan fingerprint density at radius 1 is 0.375 bits per heavy atom. The highest BCUT2D eigenvalue weighted by Crippen LogP contribution is 2.45. The molecule has 0 bridgehead atoms. The summed E-state index contributed by atoms with van der Waals surface area (Å²) in [6.45, 7) is 9.20. The summed E-state index contributed by atoms with van der Waals surface area (Å²) in [6.07, 6.45) is 51.9. The van der Waals surface area contributed by atoms with Gasteiger partial charge in [-0.3, -0.25) is 0 Å². The van der Waals surface area contributed by atoms with Crippen molar-refractivity contribution in [2.45, 2.75) is 285 Å². The molecule has 1 aliphatic heterocycles. The minimum absolute atomic E-state index is 0.942. The lowest BCUT2D eigenvalue weighted by Gasteiger charge is -2.13. The van der Waals surface area contributed by atoms with Gasteiger partial charge in [0.05, 0.1) is 0 Å². The van der Waals surface area contributed by atoms with Crippen LogP contribution in [0.25, 0.3) is 16.9 Å². The third-order valence-corrected chi connectivity index (χ3v) is 14.0. The fraction of sp³-hybridized carbons (Fsp3) is 0.710. The van der Waals surface area contributed by atoms with Gasteiger partial charge in [-0.05, 0) is 87.1 Å². The van der Waals surface area contributed by atoms with Gasteiger partial charge < -0.3 is 5.53 Å². The van der Waals surface area contributed by atoms with Crippen molar-refractivity contribution in [1.82, 2.24) is 0 Å². The zero-order valence-electron chi connectivity index (χ0n) is 42.8. The molecule has 0 saturated heterocycles. The molecule has 0 radical (unpaired) electrons. The summed E-state index contributed by atoms with van der Waals surface area (Å²) in [5, 5.41) is 0. The minimum Gasteiger partial charge on any atom is -0.493 e. The highest BCUT2D eigenvalue weighted by Gasteiger charge is 2.36. The lowest BCUT2D eigenvalue weighted by atomic mass is 9.89. The Morgan fingerprint density at radius 3 is 1.30 bits per heavy atom. The summed E-state index contributed by atoms with van der Waals surface area (Å²) in [7, 11) is 0. The Kier molecular flexibility index (Phi) is 33.1. The van der Waals surface area contributed by atoms with Gasteiger partial charge in [-0.2, -0.15) is 0 Å². The van der Waals surface area contributed by atoms with Crippen LogP contribution < -0.4 is 0 Å². The normalized spacial score (nSPS) is 12.8. The Bertz CT molecular complexity index is 1610. The van der Waals surface area contributed by atoms with Crippen LogP contribution in [0, 0.1) is 11.8 Å². The molecular weight excluding hydrogens is 773 g/mol. The van der Waals surface area contributed by atoms with Gasteiger partial charge in [0.1, 0.15) is 0 Å². The number of allylic oxidation sites excluding steroid dienone is 2. The maximum Gasteiger partial charge on any atom is 0.211 e. The van der Waals surface area contributed by atoms with Crippen molar-refractivity contribution in [3.8, 4) is 11.8 Å². The first kappa shape index (κ1) is 55.4. The Balaban J connectivity index is 1.51. The summed E-state index contributed by atoms with van der Waals surface area (Å²) in [5.41, 5.74) is 22.5. The van der Waals surface area contributed by atoms with Crippen molar-refractivity contribution in [3.63, 3.8) is 0 Å². The molecule has 1 aliphatic rings. The molecule has 2 aromatic carbocycles. The van der Waals surface area contributed by atoms with E-state index in [1.807, 2.05) is 0 Å². The molecular formula is C62H100N2. The van der Waals surface area contributed by atoms with Crippen LogP contribution in [0.2, 0.25) is 0 Å². The largest absolute Gasteiger partial charge is 0.493 e. The van der Waals surface area contributed by atoms with Crippen LogP contribution in [0.5, 0.6) is 0 Å². The van der Waals surface area contributed by atoms with Crippen molar-refractivity contribution < 1.29 is 4.70 Å². The number of hydrogen-bond donors (Lipinski definition) is 0. The average Bonchev–Trinajstić information content (AvgIpc) is 3.59. The molecule has 0 aromatic heterocycles. The van der Waals surface area contributed by atoms with Crippen molar-refractivity contribution in [2.75, 3.05) is 0 Å². The smallest absolute Gasteiger partial charge is 0.211 e. The number of rotatable bonds is 41. The fourth-order valence-electron chi connectivity index (χ4n) is 10.0. The second-order valence-corrected chi connectivity index (χ2v) is 19.8. The van der Waals surface area contributed by atoms with Crippen LogP contribution in [0.4, 0.5) is 0 Å². The number of nitrogens with zero attached hydrogens (tertiary/aromatic N) is 2. The second kappa shape index (κ2) is 38.2. The fourth-order valence-corrected chi connectivity index (χ4v) is 10.0. The monoisotopic (exact) mass is 873 g/mol. The van der Waals surface area contributed by atoms with Gasteiger partial charge in [-0.1, -0.05) is 244 Å². The molecule has 0 fully saturated rings. The van der Waals surface area contributed by atoms with Crippen molar-refractivity contribution >= 4 is 11.4 Å². The number of unbranched alkanes of at least 4 members (excludes halogenated alkanes) is 31. The topological polar surface area (TPSA) is 25.3 Å².